The zero-order valence-electron chi connectivity index (χ0n) is 9.58. The lowest BCUT2D eigenvalue weighted by atomic mass is 10.1. The van der Waals surface area contributed by atoms with Gasteiger partial charge in [-0.05, 0) is 46.3 Å². The van der Waals surface area contributed by atoms with Gasteiger partial charge in [-0.3, -0.25) is 0 Å². The zero-order valence-corrected chi connectivity index (χ0v) is 13.5. The second kappa shape index (κ2) is 6.09. The van der Waals surface area contributed by atoms with Crippen LogP contribution >= 0.6 is 51.3 Å². The van der Waals surface area contributed by atoms with Gasteiger partial charge in [0.2, 0.25) is 0 Å². The molecule has 0 aromatic heterocycles. The Kier molecular flexibility index (Phi) is 4.68. The molecule has 0 radical (unpaired) electrons. The molecular weight excluding hydrogens is 367 g/mol. The minimum Gasteiger partial charge on any atom is -0.389 e. The lowest BCUT2D eigenvalue weighted by molar-refractivity contribution is 1.50. The standard InChI is InChI=1S/C13H9BrCl2N2S/c14-8-2-1-3-11(12(8)13(17)19)18-10-5-4-7(15)6-9(10)16/h1-6,18H,(H2,17,19). The average Bonchev–Trinajstić information content (AvgIpc) is 2.32. The quantitative estimate of drug-likeness (QED) is 0.730. The number of hydrogen-bond acceptors (Lipinski definition) is 2. The lowest BCUT2D eigenvalue weighted by Crippen LogP contribution is -2.12. The van der Waals surface area contributed by atoms with E-state index in [-0.39, 0.29) is 0 Å². The number of nitrogens with one attached hydrogen (secondary N) is 1. The molecule has 0 aliphatic heterocycles. The van der Waals surface area contributed by atoms with E-state index < -0.39 is 0 Å². The molecule has 0 saturated carbocycles. The second-order valence-corrected chi connectivity index (χ2v) is 5.91. The van der Waals surface area contributed by atoms with Crippen LogP contribution in [-0.4, -0.2) is 4.99 Å². The Morgan fingerprint density at radius 2 is 1.89 bits per heavy atom. The fraction of sp³-hybridized carbons (Fsp3) is 0. The average molecular weight is 376 g/mol. The van der Waals surface area contributed by atoms with Gasteiger partial charge >= 0.3 is 0 Å². The first-order valence-corrected chi connectivity index (χ1v) is 7.25. The van der Waals surface area contributed by atoms with Crippen molar-refractivity contribution in [3.8, 4) is 0 Å². The topological polar surface area (TPSA) is 38.0 Å². The molecule has 0 amide bonds. The van der Waals surface area contributed by atoms with Crippen LogP contribution in [-0.2, 0) is 0 Å². The van der Waals surface area contributed by atoms with Crippen molar-refractivity contribution in [2.75, 3.05) is 5.32 Å². The number of halogens is 3. The molecule has 3 N–H and O–H groups in total. The molecule has 19 heavy (non-hydrogen) atoms. The monoisotopic (exact) mass is 374 g/mol. The predicted molar refractivity (Wildman–Crippen MR) is 89.8 cm³/mol. The van der Waals surface area contributed by atoms with Crippen molar-refractivity contribution in [1.29, 1.82) is 0 Å². The molecule has 98 valence electrons. The van der Waals surface area contributed by atoms with Gasteiger partial charge in [0.25, 0.3) is 0 Å². The summed E-state index contributed by atoms with van der Waals surface area (Å²) < 4.78 is 0.829. The van der Waals surface area contributed by atoms with Crippen molar-refractivity contribution >= 4 is 67.7 Å². The highest BCUT2D eigenvalue weighted by molar-refractivity contribution is 9.10. The van der Waals surface area contributed by atoms with Gasteiger partial charge in [0.05, 0.1) is 10.7 Å². The summed E-state index contributed by atoms with van der Waals surface area (Å²) >= 11 is 20.5. The number of hydrogen-bond donors (Lipinski definition) is 2. The third-order valence-corrected chi connectivity index (χ3v) is 3.87. The summed E-state index contributed by atoms with van der Waals surface area (Å²) in [5, 5.41) is 4.31. The highest BCUT2D eigenvalue weighted by atomic mass is 79.9. The number of thiocarbonyl (C=S) groups is 1. The largest absolute Gasteiger partial charge is 0.389 e. The third kappa shape index (κ3) is 3.39. The van der Waals surface area contributed by atoms with E-state index in [2.05, 4.69) is 21.2 Å². The molecule has 2 aromatic carbocycles. The van der Waals surface area contributed by atoms with Crippen molar-refractivity contribution in [1.82, 2.24) is 0 Å². The van der Waals surface area contributed by atoms with Crippen LogP contribution in [0.4, 0.5) is 11.4 Å². The van der Waals surface area contributed by atoms with Crippen LogP contribution in [0.15, 0.2) is 40.9 Å². The summed E-state index contributed by atoms with van der Waals surface area (Å²) in [6, 6.07) is 10.9. The molecule has 0 aliphatic rings. The lowest BCUT2D eigenvalue weighted by Gasteiger charge is -2.14. The van der Waals surface area contributed by atoms with Crippen molar-refractivity contribution in [2.45, 2.75) is 0 Å². The van der Waals surface area contributed by atoms with Crippen LogP contribution < -0.4 is 11.1 Å². The first-order valence-electron chi connectivity index (χ1n) is 5.29. The summed E-state index contributed by atoms with van der Waals surface area (Å²) in [6.45, 7) is 0. The maximum Gasteiger partial charge on any atom is 0.107 e. The van der Waals surface area contributed by atoms with Gasteiger partial charge in [0.15, 0.2) is 0 Å². The second-order valence-electron chi connectivity index (χ2n) is 3.78. The maximum atomic E-state index is 6.13. The van der Waals surface area contributed by atoms with E-state index in [1.165, 1.54) is 0 Å². The third-order valence-electron chi connectivity index (χ3n) is 2.46. The fourth-order valence-electron chi connectivity index (χ4n) is 1.61. The zero-order chi connectivity index (χ0) is 14.0. The van der Waals surface area contributed by atoms with Crippen LogP contribution in [0.1, 0.15) is 5.56 Å². The predicted octanol–water partition coefficient (Wildman–Crippen LogP) is 5.13. The maximum absolute atomic E-state index is 6.13. The van der Waals surface area contributed by atoms with Crippen LogP contribution in [0.2, 0.25) is 10.0 Å². The van der Waals surface area contributed by atoms with Gasteiger partial charge in [-0.15, -0.1) is 0 Å². The van der Waals surface area contributed by atoms with E-state index in [0.717, 1.165) is 21.4 Å². The molecule has 2 aromatic rings. The Hall–Kier alpha value is -0.810. The summed E-state index contributed by atoms with van der Waals surface area (Å²) in [5.74, 6) is 0. The molecule has 2 rings (SSSR count). The van der Waals surface area contributed by atoms with E-state index in [1.807, 2.05) is 18.2 Å². The molecule has 0 fully saturated rings. The number of anilines is 2. The number of benzene rings is 2. The van der Waals surface area contributed by atoms with Crippen molar-refractivity contribution in [2.24, 2.45) is 5.73 Å². The summed E-state index contributed by atoms with van der Waals surface area (Å²) in [6.07, 6.45) is 0. The molecular formula is C13H9BrCl2N2S. The minimum absolute atomic E-state index is 0.306. The summed E-state index contributed by atoms with van der Waals surface area (Å²) in [7, 11) is 0. The Labute approximate surface area is 135 Å². The van der Waals surface area contributed by atoms with Gasteiger partial charge in [-0.25, -0.2) is 0 Å². The Morgan fingerprint density at radius 3 is 2.53 bits per heavy atom. The molecule has 0 unspecified atom stereocenters. The summed E-state index contributed by atoms with van der Waals surface area (Å²) in [5.41, 5.74) is 8.00. The van der Waals surface area contributed by atoms with E-state index in [4.69, 9.17) is 41.2 Å². The Morgan fingerprint density at radius 1 is 1.16 bits per heavy atom. The molecule has 0 heterocycles. The number of nitrogens with two attached hydrogens (primary N) is 1. The molecule has 0 saturated heterocycles. The Balaban J connectivity index is 2.44. The van der Waals surface area contributed by atoms with Crippen molar-refractivity contribution in [3.63, 3.8) is 0 Å². The molecule has 0 atom stereocenters. The van der Waals surface area contributed by atoms with Crippen LogP contribution in [0, 0.1) is 0 Å². The van der Waals surface area contributed by atoms with Gasteiger partial charge < -0.3 is 11.1 Å². The van der Waals surface area contributed by atoms with Gasteiger partial charge in [-0.1, -0.05) is 41.5 Å². The minimum atomic E-state index is 0.306. The highest BCUT2D eigenvalue weighted by Gasteiger charge is 2.10. The molecule has 6 heteroatoms. The first kappa shape index (κ1) is 14.6. The van der Waals surface area contributed by atoms with Gasteiger partial charge in [0.1, 0.15) is 4.99 Å². The van der Waals surface area contributed by atoms with Crippen molar-refractivity contribution in [3.05, 3.63) is 56.5 Å². The van der Waals surface area contributed by atoms with Crippen LogP contribution in [0.3, 0.4) is 0 Å². The highest BCUT2D eigenvalue weighted by Crippen LogP contribution is 2.32. The van der Waals surface area contributed by atoms with Gasteiger partial charge in [-0.2, -0.15) is 0 Å². The SMILES string of the molecule is NC(=S)c1c(Br)cccc1Nc1ccc(Cl)cc1Cl. The van der Waals surface area contributed by atoms with Gasteiger partial charge in [0, 0.05) is 20.7 Å². The van der Waals surface area contributed by atoms with E-state index in [1.54, 1.807) is 18.2 Å². The molecule has 2 nitrogen and oxygen atoms in total. The van der Waals surface area contributed by atoms with Crippen LogP contribution in [0.25, 0.3) is 0 Å². The fourth-order valence-corrected chi connectivity index (χ4v) is 3.00. The Bertz CT molecular complexity index is 647. The first-order chi connectivity index (χ1) is 8.99. The summed E-state index contributed by atoms with van der Waals surface area (Å²) in [4.78, 5) is 0.306. The normalized spacial score (nSPS) is 10.3. The smallest absolute Gasteiger partial charge is 0.107 e. The molecule has 0 spiro atoms. The van der Waals surface area contributed by atoms with Crippen LogP contribution in [0.5, 0.6) is 0 Å². The molecule has 0 bridgehead atoms. The molecule has 0 aliphatic carbocycles. The van der Waals surface area contributed by atoms with E-state index >= 15 is 0 Å². The van der Waals surface area contributed by atoms with E-state index in [9.17, 15) is 0 Å². The number of rotatable bonds is 3. The van der Waals surface area contributed by atoms with E-state index in [0.29, 0.717) is 15.0 Å². The van der Waals surface area contributed by atoms with Crippen molar-refractivity contribution < 1.29 is 0 Å².